The van der Waals surface area contributed by atoms with Crippen molar-refractivity contribution in [2.24, 2.45) is 0 Å². The molecule has 100 valence electrons. The molecule has 5 nitrogen and oxygen atoms in total. The lowest BCUT2D eigenvalue weighted by Crippen LogP contribution is -2.02. The third-order valence-corrected chi connectivity index (χ3v) is 2.98. The fraction of sp³-hybridized carbons (Fsp3) is 0.286. The number of aliphatic hydroxyl groups is 1. The molecule has 0 amide bonds. The van der Waals surface area contributed by atoms with Gasteiger partial charge in [-0.1, -0.05) is 13.0 Å². The molecule has 0 unspecified atom stereocenters. The number of nitrogens with two attached hydrogens (primary N) is 1. The highest BCUT2D eigenvalue weighted by Crippen LogP contribution is 2.29. The van der Waals surface area contributed by atoms with Crippen LogP contribution in [0.15, 0.2) is 24.4 Å². The summed E-state index contributed by atoms with van der Waals surface area (Å²) in [6.45, 7) is 1.91. The minimum Gasteiger partial charge on any atom is -0.496 e. The van der Waals surface area contributed by atoms with Gasteiger partial charge in [0.2, 0.25) is 0 Å². The Kier molecular flexibility index (Phi) is 3.97. The van der Waals surface area contributed by atoms with Gasteiger partial charge in [-0.3, -0.25) is 0 Å². The van der Waals surface area contributed by atoms with Crippen molar-refractivity contribution < 1.29 is 9.84 Å². The zero-order chi connectivity index (χ0) is 13.8. The number of methoxy groups -OCH3 is 1. The molecule has 2 rings (SSSR count). The molecule has 0 aliphatic rings. The van der Waals surface area contributed by atoms with Gasteiger partial charge in [-0.05, 0) is 24.1 Å². The van der Waals surface area contributed by atoms with Gasteiger partial charge in [0.1, 0.15) is 11.6 Å². The van der Waals surface area contributed by atoms with Crippen LogP contribution in [0.5, 0.6) is 5.75 Å². The Morgan fingerprint density at radius 3 is 2.74 bits per heavy atom. The van der Waals surface area contributed by atoms with Crippen LogP contribution in [0.2, 0.25) is 0 Å². The second-order valence-corrected chi connectivity index (χ2v) is 4.15. The molecule has 0 aliphatic heterocycles. The number of hydrogen-bond donors (Lipinski definition) is 2. The van der Waals surface area contributed by atoms with Crippen molar-refractivity contribution in [3.05, 3.63) is 35.5 Å². The number of nitrogens with zero attached hydrogens (tertiary/aromatic N) is 2. The number of benzene rings is 1. The molecule has 0 saturated carbocycles. The zero-order valence-corrected chi connectivity index (χ0v) is 11.1. The predicted molar refractivity (Wildman–Crippen MR) is 73.7 cm³/mol. The molecular weight excluding hydrogens is 242 g/mol. The molecule has 1 aromatic carbocycles. The molecule has 3 N–H and O–H groups in total. The molecule has 0 fully saturated rings. The fourth-order valence-corrected chi connectivity index (χ4v) is 1.82. The first-order valence-corrected chi connectivity index (χ1v) is 6.09. The van der Waals surface area contributed by atoms with Crippen LogP contribution in [0.4, 0.5) is 5.82 Å². The topological polar surface area (TPSA) is 81.3 Å². The van der Waals surface area contributed by atoms with Crippen LogP contribution >= 0.6 is 0 Å². The summed E-state index contributed by atoms with van der Waals surface area (Å²) in [5.41, 5.74) is 8.28. The van der Waals surface area contributed by atoms with Crippen molar-refractivity contribution in [3.8, 4) is 17.1 Å². The molecule has 0 aliphatic carbocycles. The number of rotatable bonds is 4. The SMILES string of the molecule is CCc1ccc(OC)c(-c2ncc(CO)c(N)n2)c1. The van der Waals surface area contributed by atoms with Crippen LogP contribution in [0.25, 0.3) is 11.4 Å². The van der Waals surface area contributed by atoms with Gasteiger partial charge in [-0.15, -0.1) is 0 Å². The van der Waals surface area contributed by atoms with Gasteiger partial charge in [-0.2, -0.15) is 0 Å². The van der Waals surface area contributed by atoms with Crippen molar-refractivity contribution in [1.82, 2.24) is 9.97 Å². The van der Waals surface area contributed by atoms with Crippen molar-refractivity contribution in [2.45, 2.75) is 20.0 Å². The van der Waals surface area contributed by atoms with Crippen LogP contribution < -0.4 is 10.5 Å². The number of aromatic nitrogens is 2. The normalized spacial score (nSPS) is 10.5. The standard InChI is InChI=1S/C14H17N3O2/c1-3-9-4-5-12(19-2)11(6-9)14-16-7-10(8-18)13(15)17-14/h4-7,18H,3,8H2,1-2H3,(H2,15,16,17). The minimum absolute atomic E-state index is 0.168. The van der Waals surface area contributed by atoms with Crippen LogP contribution in [-0.2, 0) is 13.0 Å². The van der Waals surface area contributed by atoms with Gasteiger partial charge in [0.05, 0.1) is 19.3 Å². The van der Waals surface area contributed by atoms with E-state index in [1.54, 1.807) is 7.11 Å². The van der Waals surface area contributed by atoms with Crippen molar-refractivity contribution in [3.63, 3.8) is 0 Å². The van der Waals surface area contributed by atoms with Gasteiger partial charge in [-0.25, -0.2) is 9.97 Å². The van der Waals surface area contributed by atoms with Crippen molar-refractivity contribution >= 4 is 5.82 Å². The number of anilines is 1. The smallest absolute Gasteiger partial charge is 0.165 e. The van der Waals surface area contributed by atoms with Gasteiger partial charge in [0.15, 0.2) is 5.82 Å². The molecule has 19 heavy (non-hydrogen) atoms. The van der Waals surface area contributed by atoms with Gasteiger partial charge < -0.3 is 15.6 Å². The van der Waals surface area contributed by atoms with Crippen LogP contribution in [0.1, 0.15) is 18.1 Å². The quantitative estimate of drug-likeness (QED) is 0.874. The summed E-state index contributed by atoms with van der Waals surface area (Å²) >= 11 is 0. The van der Waals surface area contributed by atoms with E-state index in [0.29, 0.717) is 17.1 Å². The molecule has 1 aromatic heterocycles. The lowest BCUT2D eigenvalue weighted by Gasteiger charge is -2.10. The summed E-state index contributed by atoms with van der Waals surface area (Å²) in [5.74, 6) is 1.49. The second kappa shape index (κ2) is 5.67. The van der Waals surface area contributed by atoms with Crippen LogP contribution in [0, 0.1) is 0 Å². The molecule has 0 spiro atoms. The van der Waals surface area contributed by atoms with Crippen LogP contribution in [0.3, 0.4) is 0 Å². The molecule has 0 radical (unpaired) electrons. The largest absolute Gasteiger partial charge is 0.496 e. The number of aryl methyl sites for hydroxylation is 1. The van der Waals surface area contributed by atoms with E-state index in [-0.39, 0.29) is 12.4 Å². The maximum absolute atomic E-state index is 9.08. The summed E-state index contributed by atoms with van der Waals surface area (Å²) in [5, 5.41) is 9.08. The van der Waals surface area contributed by atoms with Gasteiger partial charge in [0, 0.05) is 11.8 Å². The summed E-state index contributed by atoms with van der Waals surface area (Å²) < 4.78 is 5.33. The highest BCUT2D eigenvalue weighted by molar-refractivity contribution is 5.66. The molecule has 2 aromatic rings. The summed E-state index contributed by atoms with van der Waals surface area (Å²) in [6.07, 6.45) is 2.46. The molecule has 0 saturated heterocycles. The van der Waals surface area contributed by atoms with E-state index in [4.69, 9.17) is 15.6 Å². The van der Waals surface area contributed by atoms with E-state index >= 15 is 0 Å². The maximum Gasteiger partial charge on any atom is 0.165 e. The van der Waals surface area contributed by atoms with Crippen molar-refractivity contribution in [2.75, 3.05) is 12.8 Å². The third kappa shape index (κ3) is 2.66. The summed E-state index contributed by atoms with van der Waals surface area (Å²) in [7, 11) is 1.61. The Hall–Kier alpha value is -2.14. The molecular formula is C14H17N3O2. The third-order valence-electron chi connectivity index (χ3n) is 2.98. The predicted octanol–water partition coefficient (Wildman–Crippen LogP) is 1.79. The summed E-state index contributed by atoms with van der Waals surface area (Å²) in [6, 6.07) is 5.90. The lowest BCUT2D eigenvalue weighted by molar-refractivity contribution is 0.281. The molecule has 1 heterocycles. The molecule has 0 bridgehead atoms. The Bertz CT molecular complexity index is 585. The van der Waals surface area contributed by atoms with E-state index in [2.05, 4.69) is 16.9 Å². The Labute approximate surface area is 112 Å². The van der Waals surface area contributed by atoms with Gasteiger partial charge >= 0.3 is 0 Å². The molecule has 0 atom stereocenters. The summed E-state index contributed by atoms with van der Waals surface area (Å²) in [4.78, 5) is 8.46. The van der Waals surface area contributed by atoms with E-state index < -0.39 is 0 Å². The zero-order valence-electron chi connectivity index (χ0n) is 11.1. The fourth-order valence-electron chi connectivity index (χ4n) is 1.82. The maximum atomic E-state index is 9.08. The average molecular weight is 259 g/mol. The highest BCUT2D eigenvalue weighted by Gasteiger charge is 2.11. The van der Waals surface area contributed by atoms with E-state index in [1.165, 1.54) is 11.8 Å². The number of ether oxygens (including phenoxy) is 1. The Morgan fingerprint density at radius 1 is 1.37 bits per heavy atom. The first-order valence-electron chi connectivity index (χ1n) is 6.09. The molecule has 5 heteroatoms. The lowest BCUT2D eigenvalue weighted by atomic mass is 10.1. The number of hydrogen-bond acceptors (Lipinski definition) is 5. The average Bonchev–Trinajstić information content (AvgIpc) is 2.46. The Morgan fingerprint density at radius 2 is 2.16 bits per heavy atom. The van der Waals surface area contributed by atoms with Crippen molar-refractivity contribution in [1.29, 1.82) is 0 Å². The minimum atomic E-state index is -0.168. The first kappa shape index (κ1) is 13.3. The Balaban J connectivity index is 2.53. The van der Waals surface area contributed by atoms with Crippen LogP contribution in [-0.4, -0.2) is 22.2 Å². The second-order valence-electron chi connectivity index (χ2n) is 4.15. The first-order chi connectivity index (χ1) is 9.19. The number of nitrogen functional groups attached to an aromatic ring is 1. The van der Waals surface area contributed by atoms with E-state index in [0.717, 1.165) is 12.0 Å². The number of aliphatic hydroxyl groups excluding tert-OH is 1. The van der Waals surface area contributed by atoms with E-state index in [1.807, 2.05) is 18.2 Å². The highest BCUT2D eigenvalue weighted by atomic mass is 16.5. The van der Waals surface area contributed by atoms with E-state index in [9.17, 15) is 0 Å². The van der Waals surface area contributed by atoms with Gasteiger partial charge in [0.25, 0.3) is 0 Å². The monoisotopic (exact) mass is 259 g/mol.